The van der Waals surface area contributed by atoms with Gasteiger partial charge in [-0.05, 0) is 24.1 Å². The van der Waals surface area contributed by atoms with Crippen LogP contribution in [0.1, 0.15) is 30.4 Å². The van der Waals surface area contributed by atoms with E-state index in [9.17, 15) is 4.79 Å². The number of aromatic nitrogens is 4. The molecule has 3 N–H and O–H groups in total. The van der Waals surface area contributed by atoms with E-state index in [1.807, 2.05) is 22.9 Å². The number of carbonyl (C=O) groups excluding carboxylic acids is 1. The zero-order valence-electron chi connectivity index (χ0n) is 17.2. The van der Waals surface area contributed by atoms with Crippen LogP contribution in [0.4, 0.5) is 17.5 Å². The number of fused-ring (bicyclic) bond motifs is 3. The summed E-state index contributed by atoms with van der Waals surface area (Å²) in [6.07, 6.45) is 3.64. The molecule has 1 fully saturated rings. The minimum atomic E-state index is -0.0652. The van der Waals surface area contributed by atoms with Crippen molar-refractivity contribution in [3.05, 3.63) is 36.3 Å². The predicted octanol–water partition coefficient (Wildman–Crippen LogP) is 1.92. The monoisotopic (exact) mass is 406 g/mol. The van der Waals surface area contributed by atoms with Gasteiger partial charge in [0.05, 0.1) is 17.9 Å². The number of carbonyl (C=O) groups is 1. The van der Waals surface area contributed by atoms with Gasteiger partial charge in [-0.25, -0.2) is 9.97 Å². The Morgan fingerprint density at radius 1 is 1.17 bits per heavy atom. The van der Waals surface area contributed by atoms with Crippen LogP contribution < -0.4 is 20.9 Å². The Hall–Kier alpha value is -3.20. The van der Waals surface area contributed by atoms with Crippen molar-refractivity contribution in [1.29, 1.82) is 0 Å². The van der Waals surface area contributed by atoms with Crippen molar-refractivity contribution in [2.24, 2.45) is 5.92 Å². The van der Waals surface area contributed by atoms with E-state index in [0.717, 1.165) is 42.9 Å². The van der Waals surface area contributed by atoms with Crippen LogP contribution in [0.25, 0.3) is 11.0 Å². The second-order valence-corrected chi connectivity index (χ2v) is 8.16. The van der Waals surface area contributed by atoms with E-state index in [2.05, 4.69) is 50.7 Å². The molecule has 1 atom stereocenters. The largest absolute Gasteiger partial charge is 0.368 e. The Morgan fingerprint density at radius 2 is 2.00 bits per heavy atom. The number of piperazine rings is 1. The first kappa shape index (κ1) is 18.8. The summed E-state index contributed by atoms with van der Waals surface area (Å²) in [7, 11) is 0. The molecule has 2 aliphatic rings. The molecule has 3 aromatic heterocycles. The van der Waals surface area contributed by atoms with Crippen LogP contribution in [0.2, 0.25) is 0 Å². The van der Waals surface area contributed by atoms with Gasteiger partial charge in [0.15, 0.2) is 0 Å². The van der Waals surface area contributed by atoms with Gasteiger partial charge in [0.25, 0.3) is 5.91 Å². The van der Waals surface area contributed by atoms with E-state index in [-0.39, 0.29) is 11.9 Å². The fourth-order valence-corrected chi connectivity index (χ4v) is 4.18. The highest BCUT2D eigenvalue weighted by atomic mass is 16.2. The summed E-state index contributed by atoms with van der Waals surface area (Å²) in [4.78, 5) is 28.4. The Morgan fingerprint density at radius 3 is 2.73 bits per heavy atom. The summed E-state index contributed by atoms with van der Waals surface area (Å²) in [6.45, 7) is 8.87. The van der Waals surface area contributed by atoms with E-state index in [4.69, 9.17) is 4.98 Å². The molecule has 9 nitrogen and oxygen atoms in total. The van der Waals surface area contributed by atoms with Crippen molar-refractivity contribution in [3.63, 3.8) is 0 Å². The number of nitrogens with one attached hydrogen (secondary N) is 3. The Bertz CT molecular complexity index is 1070. The topological polar surface area (TPSA) is 100 Å². The fraction of sp³-hybridized carbons (Fsp3) is 0.429. The highest BCUT2D eigenvalue weighted by Gasteiger charge is 2.29. The molecule has 0 spiro atoms. The molecule has 0 radical (unpaired) electrons. The third-order valence-electron chi connectivity index (χ3n) is 5.85. The van der Waals surface area contributed by atoms with Crippen LogP contribution in [0.3, 0.4) is 0 Å². The molecule has 1 saturated heterocycles. The standard InChI is InChI=1S/C21H26N8O/c1-13(2)17-12-24-20(30)16-9-14-10-25-21(27-19(14)29(16)17)26-18-4-3-15(11-23-18)28-7-5-22-6-8-28/h3-4,9-11,13,17,22H,5-8,12H2,1-2H3,(H,24,30)(H,23,25,26,27)/t17-/m1/s1. The lowest BCUT2D eigenvalue weighted by molar-refractivity contribution is 0.0907. The van der Waals surface area contributed by atoms with Crippen molar-refractivity contribution >= 4 is 34.4 Å². The molecule has 5 rings (SSSR count). The second kappa shape index (κ2) is 7.56. The highest BCUT2D eigenvalue weighted by molar-refractivity contribution is 5.98. The van der Waals surface area contributed by atoms with Gasteiger partial charge >= 0.3 is 0 Å². The first-order valence-corrected chi connectivity index (χ1v) is 10.4. The van der Waals surface area contributed by atoms with Gasteiger partial charge in [-0.15, -0.1) is 0 Å². The first-order chi connectivity index (χ1) is 14.6. The molecule has 0 bridgehead atoms. The predicted molar refractivity (Wildman–Crippen MR) is 116 cm³/mol. The van der Waals surface area contributed by atoms with E-state index in [1.165, 1.54) is 0 Å². The van der Waals surface area contributed by atoms with Crippen molar-refractivity contribution < 1.29 is 4.79 Å². The number of hydrogen-bond acceptors (Lipinski definition) is 7. The molecular formula is C21H26N8O. The molecule has 9 heteroatoms. The van der Waals surface area contributed by atoms with Gasteiger partial charge < -0.3 is 25.4 Å². The SMILES string of the molecule is CC(C)[C@H]1CNC(=O)c2cc3cnc(Nc4ccc(N5CCNCC5)cn4)nc3n21. The van der Waals surface area contributed by atoms with Crippen molar-refractivity contribution in [1.82, 2.24) is 30.2 Å². The number of pyridine rings is 1. The average molecular weight is 406 g/mol. The zero-order chi connectivity index (χ0) is 20.7. The van der Waals surface area contributed by atoms with Crippen molar-refractivity contribution in [3.8, 4) is 0 Å². The molecule has 5 heterocycles. The normalized spacial score (nSPS) is 19.1. The molecule has 1 amide bonds. The lowest BCUT2D eigenvalue weighted by atomic mass is 10.0. The smallest absolute Gasteiger partial charge is 0.268 e. The van der Waals surface area contributed by atoms with E-state index in [0.29, 0.717) is 29.9 Å². The van der Waals surface area contributed by atoms with E-state index in [1.54, 1.807) is 6.20 Å². The first-order valence-electron chi connectivity index (χ1n) is 10.4. The second-order valence-electron chi connectivity index (χ2n) is 8.16. The van der Waals surface area contributed by atoms with Crippen LogP contribution in [0.15, 0.2) is 30.6 Å². The quantitative estimate of drug-likeness (QED) is 0.609. The minimum Gasteiger partial charge on any atom is -0.368 e. The van der Waals surface area contributed by atoms with Crippen LogP contribution in [-0.2, 0) is 0 Å². The summed E-state index contributed by atoms with van der Waals surface area (Å²) in [5, 5.41) is 10.4. The fourth-order valence-electron chi connectivity index (χ4n) is 4.18. The number of rotatable bonds is 4. The van der Waals surface area contributed by atoms with Crippen molar-refractivity contribution in [2.45, 2.75) is 19.9 Å². The number of hydrogen-bond donors (Lipinski definition) is 3. The van der Waals surface area contributed by atoms with Crippen LogP contribution >= 0.6 is 0 Å². The third-order valence-corrected chi connectivity index (χ3v) is 5.85. The molecule has 0 saturated carbocycles. The van der Waals surface area contributed by atoms with Crippen molar-refractivity contribution in [2.75, 3.05) is 42.9 Å². The number of nitrogens with zero attached hydrogens (tertiary/aromatic N) is 5. The summed E-state index contributed by atoms with van der Waals surface area (Å²) in [5.74, 6) is 1.46. The van der Waals surface area contributed by atoms with Gasteiger partial charge in [-0.3, -0.25) is 4.79 Å². The molecule has 0 aromatic carbocycles. The lowest BCUT2D eigenvalue weighted by Crippen LogP contribution is -2.43. The zero-order valence-corrected chi connectivity index (χ0v) is 17.2. The van der Waals surface area contributed by atoms with E-state index >= 15 is 0 Å². The maximum atomic E-state index is 12.3. The molecule has 2 aliphatic heterocycles. The van der Waals surface area contributed by atoms with Gasteiger partial charge in [-0.1, -0.05) is 13.8 Å². The summed E-state index contributed by atoms with van der Waals surface area (Å²) in [6, 6.07) is 6.04. The Labute approximate surface area is 174 Å². The summed E-state index contributed by atoms with van der Waals surface area (Å²) >= 11 is 0. The molecule has 0 aliphatic carbocycles. The lowest BCUT2D eigenvalue weighted by Gasteiger charge is -2.29. The Balaban J connectivity index is 1.43. The van der Waals surface area contributed by atoms with Gasteiger partial charge in [0.2, 0.25) is 5.95 Å². The number of amides is 1. The van der Waals surface area contributed by atoms with Crippen LogP contribution in [-0.4, -0.2) is 58.1 Å². The molecule has 0 unspecified atom stereocenters. The highest BCUT2D eigenvalue weighted by Crippen LogP contribution is 2.30. The minimum absolute atomic E-state index is 0.0652. The molecule has 156 valence electrons. The molecule has 30 heavy (non-hydrogen) atoms. The van der Waals surface area contributed by atoms with Crippen LogP contribution in [0.5, 0.6) is 0 Å². The van der Waals surface area contributed by atoms with E-state index < -0.39 is 0 Å². The van der Waals surface area contributed by atoms with Crippen LogP contribution in [0, 0.1) is 5.92 Å². The Kier molecular flexibility index (Phi) is 4.74. The van der Waals surface area contributed by atoms with Gasteiger partial charge in [0.1, 0.15) is 17.2 Å². The molecule has 3 aromatic rings. The average Bonchev–Trinajstić information content (AvgIpc) is 3.15. The molecular weight excluding hydrogens is 380 g/mol. The number of anilines is 3. The maximum absolute atomic E-state index is 12.3. The summed E-state index contributed by atoms with van der Waals surface area (Å²) < 4.78 is 2.05. The van der Waals surface area contributed by atoms with Gasteiger partial charge in [0, 0.05) is 44.3 Å². The third kappa shape index (κ3) is 3.35. The van der Waals surface area contributed by atoms with Gasteiger partial charge in [-0.2, -0.15) is 4.98 Å². The maximum Gasteiger partial charge on any atom is 0.268 e. The summed E-state index contributed by atoms with van der Waals surface area (Å²) in [5.41, 5.74) is 2.53.